The number of hydrogen-bond acceptors (Lipinski definition) is 6. The molecule has 0 aliphatic carbocycles. The second kappa shape index (κ2) is 5.93. The molecular formula is C10H10FN5O4S. The predicted molar refractivity (Wildman–Crippen MR) is 68.3 cm³/mol. The molecule has 0 unspecified atom stereocenters. The number of nitro groups is 1. The zero-order valence-corrected chi connectivity index (χ0v) is 11.3. The second-order valence-electron chi connectivity index (χ2n) is 3.93. The average molecular weight is 315 g/mol. The Labute approximate surface area is 118 Å². The maximum absolute atomic E-state index is 13.4. The summed E-state index contributed by atoms with van der Waals surface area (Å²) in [4.78, 5) is 9.16. The van der Waals surface area contributed by atoms with Crippen molar-refractivity contribution in [1.82, 2.24) is 19.7 Å². The highest BCUT2D eigenvalue weighted by Crippen LogP contribution is 2.20. The summed E-state index contributed by atoms with van der Waals surface area (Å²) >= 11 is 0. The molecule has 0 fully saturated rings. The maximum atomic E-state index is 13.4. The standard InChI is InChI=1S/C10H10FN5O4S/c11-9-7-8(1-2-10(9)16(17)18)21(19,20)13-4-6-15-5-3-12-14-15/h1-3,5,7,13H,4,6H2. The number of hydrogen-bond donors (Lipinski definition) is 1. The third kappa shape index (κ3) is 3.58. The lowest BCUT2D eigenvalue weighted by atomic mass is 10.3. The molecule has 1 heterocycles. The Bertz CT molecular complexity index is 747. The molecule has 1 aromatic carbocycles. The number of benzene rings is 1. The number of sulfonamides is 1. The van der Waals surface area contributed by atoms with Crippen molar-refractivity contribution < 1.29 is 17.7 Å². The van der Waals surface area contributed by atoms with Gasteiger partial charge in [-0.1, -0.05) is 5.21 Å². The van der Waals surface area contributed by atoms with E-state index in [2.05, 4.69) is 15.0 Å². The van der Waals surface area contributed by atoms with Crippen molar-refractivity contribution >= 4 is 15.7 Å². The van der Waals surface area contributed by atoms with E-state index in [1.54, 1.807) is 6.20 Å². The van der Waals surface area contributed by atoms with Crippen LogP contribution in [0.3, 0.4) is 0 Å². The minimum Gasteiger partial charge on any atom is -0.258 e. The third-order valence-corrected chi connectivity index (χ3v) is 3.99. The first-order chi connectivity index (χ1) is 9.90. The number of rotatable bonds is 6. The summed E-state index contributed by atoms with van der Waals surface area (Å²) in [5.41, 5.74) is -0.781. The highest BCUT2D eigenvalue weighted by molar-refractivity contribution is 7.89. The quantitative estimate of drug-likeness (QED) is 0.605. The van der Waals surface area contributed by atoms with E-state index in [4.69, 9.17) is 0 Å². The number of nitro benzene ring substituents is 1. The molecule has 1 aromatic heterocycles. The van der Waals surface area contributed by atoms with Crippen molar-refractivity contribution in [3.63, 3.8) is 0 Å². The molecule has 0 atom stereocenters. The average Bonchev–Trinajstić information content (AvgIpc) is 2.91. The number of aromatic nitrogens is 3. The van der Waals surface area contributed by atoms with Gasteiger partial charge in [0.1, 0.15) is 0 Å². The maximum Gasteiger partial charge on any atom is 0.304 e. The van der Waals surface area contributed by atoms with Crippen molar-refractivity contribution in [2.75, 3.05) is 6.54 Å². The van der Waals surface area contributed by atoms with Gasteiger partial charge in [-0.05, 0) is 6.07 Å². The Balaban J connectivity index is 2.08. The Hall–Kier alpha value is -2.40. The fourth-order valence-corrected chi connectivity index (χ4v) is 2.57. The van der Waals surface area contributed by atoms with Crippen LogP contribution < -0.4 is 4.72 Å². The van der Waals surface area contributed by atoms with Crippen LogP contribution in [0.4, 0.5) is 10.1 Å². The molecular weight excluding hydrogens is 305 g/mol. The van der Waals surface area contributed by atoms with Gasteiger partial charge in [-0.15, -0.1) is 5.10 Å². The van der Waals surface area contributed by atoms with Crippen molar-refractivity contribution in [3.8, 4) is 0 Å². The van der Waals surface area contributed by atoms with Gasteiger partial charge in [0.25, 0.3) is 0 Å². The van der Waals surface area contributed by atoms with E-state index >= 15 is 0 Å². The minimum absolute atomic E-state index is 0.0182. The monoisotopic (exact) mass is 315 g/mol. The fraction of sp³-hybridized carbons (Fsp3) is 0.200. The van der Waals surface area contributed by atoms with Gasteiger partial charge < -0.3 is 0 Å². The Morgan fingerprint density at radius 1 is 1.43 bits per heavy atom. The summed E-state index contributed by atoms with van der Waals surface area (Å²) in [6.45, 7) is 0.263. The zero-order valence-electron chi connectivity index (χ0n) is 10.5. The van der Waals surface area contributed by atoms with Gasteiger partial charge >= 0.3 is 5.69 Å². The first-order valence-electron chi connectivity index (χ1n) is 5.68. The van der Waals surface area contributed by atoms with Gasteiger partial charge in [0.05, 0.1) is 22.6 Å². The molecule has 21 heavy (non-hydrogen) atoms. The molecule has 112 valence electrons. The zero-order chi connectivity index (χ0) is 15.5. The van der Waals surface area contributed by atoms with Crippen molar-refractivity contribution in [3.05, 3.63) is 46.5 Å². The van der Waals surface area contributed by atoms with E-state index in [0.717, 1.165) is 12.1 Å². The highest BCUT2D eigenvalue weighted by Gasteiger charge is 2.20. The molecule has 9 nitrogen and oxygen atoms in total. The van der Waals surface area contributed by atoms with Gasteiger partial charge in [-0.2, -0.15) is 4.39 Å². The molecule has 0 saturated heterocycles. The molecule has 0 radical (unpaired) electrons. The normalized spacial score (nSPS) is 11.5. The lowest BCUT2D eigenvalue weighted by Crippen LogP contribution is -2.27. The van der Waals surface area contributed by atoms with Gasteiger partial charge in [0, 0.05) is 24.9 Å². The van der Waals surface area contributed by atoms with Crippen molar-refractivity contribution in [2.45, 2.75) is 11.4 Å². The van der Waals surface area contributed by atoms with E-state index in [0.29, 0.717) is 6.07 Å². The van der Waals surface area contributed by atoms with Crippen molar-refractivity contribution in [2.24, 2.45) is 0 Å². The van der Waals surface area contributed by atoms with Crippen LogP contribution in [0.25, 0.3) is 0 Å². The molecule has 2 rings (SSSR count). The van der Waals surface area contributed by atoms with Crippen LogP contribution in [0.5, 0.6) is 0 Å². The lowest BCUT2D eigenvalue weighted by Gasteiger charge is -2.06. The van der Waals surface area contributed by atoms with E-state index < -0.39 is 26.5 Å². The smallest absolute Gasteiger partial charge is 0.258 e. The first-order valence-corrected chi connectivity index (χ1v) is 7.16. The molecule has 0 saturated carbocycles. The number of nitrogens with zero attached hydrogens (tertiary/aromatic N) is 4. The van der Waals surface area contributed by atoms with E-state index in [9.17, 15) is 22.9 Å². The van der Waals surface area contributed by atoms with E-state index in [-0.39, 0.29) is 18.0 Å². The summed E-state index contributed by atoms with van der Waals surface area (Å²) in [5.74, 6) is -1.21. The van der Waals surface area contributed by atoms with Crippen LogP contribution in [0, 0.1) is 15.9 Å². The van der Waals surface area contributed by atoms with Crippen molar-refractivity contribution in [1.29, 1.82) is 0 Å². The van der Waals surface area contributed by atoms with Crippen LogP contribution in [0.1, 0.15) is 0 Å². The number of nitrogens with one attached hydrogen (secondary N) is 1. The van der Waals surface area contributed by atoms with Crippen LogP contribution in [0.2, 0.25) is 0 Å². The van der Waals surface area contributed by atoms with Gasteiger partial charge in [-0.3, -0.25) is 14.8 Å². The topological polar surface area (TPSA) is 120 Å². The van der Waals surface area contributed by atoms with E-state index in [1.165, 1.54) is 10.9 Å². The summed E-state index contributed by atoms with van der Waals surface area (Å²) in [6.07, 6.45) is 3.00. The molecule has 0 bridgehead atoms. The molecule has 11 heteroatoms. The van der Waals surface area contributed by atoms with Crippen LogP contribution in [-0.4, -0.2) is 34.9 Å². The predicted octanol–water partition coefficient (Wildman–Crippen LogP) is 0.304. The summed E-state index contributed by atoms with van der Waals surface area (Å²) in [6, 6.07) is 2.39. The van der Waals surface area contributed by atoms with Crippen LogP contribution >= 0.6 is 0 Å². The summed E-state index contributed by atoms with van der Waals surface area (Å²) < 4.78 is 40.9. The fourth-order valence-electron chi connectivity index (χ4n) is 1.53. The van der Waals surface area contributed by atoms with Gasteiger partial charge in [0.2, 0.25) is 15.8 Å². The summed E-state index contributed by atoms with van der Waals surface area (Å²) in [7, 11) is -3.95. The van der Waals surface area contributed by atoms with Gasteiger partial charge in [-0.25, -0.2) is 13.1 Å². The second-order valence-corrected chi connectivity index (χ2v) is 5.70. The molecule has 0 aliphatic rings. The Morgan fingerprint density at radius 3 is 2.76 bits per heavy atom. The van der Waals surface area contributed by atoms with Crippen LogP contribution in [0.15, 0.2) is 35.5 Å². The van der Waals surface area contributed by atoms with Crippen LogP contribution in [-0.2, 0) is 16.6 Å². The number of halogens is 1. The molecule has 2 aromatic rings. The highest BCUT2D eigenvalue weighted by atomic mass is 32.2. The minimum atomic E-state index is -3.95. The SMILES string of the molecule is O=[N+]([O-])c1ccc(S(=O)(=O)NCCn2ccnn2)cc1F. The third-order valence-electron chi connectivity index (χ3n) is 2.53. The lowest BCUT2D eigenvalue weighted by molar-refractivity contribution is -0.387. The molecule has 0 aliphatic heterocycles. The van der Waals surface area contributed by atoms with E-state index in [1.807, 2.05) is 0 Å². The Morgan fingerprint density at radius 2 is 2.19 bits per heavy atom. The molecule has 1 N–H and O–H groups in total. The summed E-state index contributed by atoms with van der Waals surface area (Å²) in [5, 5.41) is 17.7. The molecule has 0 amide bonds. The molecule has 0 spiro atoms. The first kappa shape index (κ1) is 15.0. The van der Waals surface area contributed by atoms with Gasteiger partial charge in [0.15, 0.2) is 0 Å². The Kier molecular flexibility index (Phi) is 4.23. The largest absolute Gasteiger partial charge is 0.304 e.